The van der Waals surface area contributed by atoms with Crippen LogP contribution >= 0.6 is 13.5 Å². The smallest absolute Gasteiger partial charge is 0 e. The molecule has 0 amide bonds. The van der Waals surface area contributed by atoms with Gasteiger partial charge in [-0.3, -0.25) is 0 Å². The Balaban J connectivity index is 0. The summed E-state index contributed by atoms with van der Waals surface area (Å²) in [6, 6.07) is 0. The summed E-state index contributed by atoms with van der Waals surface area (Å²) in [5.74, 6) is 0. The molecule has 0 rings (SSSR count). The molecule has 5 heavy (non-hydrogen) atoms. The summed E-state index contributed by atoms with van der Waals surface area (Å²) < 4.78 is 0. The van der Waals surface area contributed by atoms with Crippen LogP contribution in [-0.2, 0) is 41.9 Å². The van der Waals surface area contributed by atoms with Gasteiger partial charge in [-0.1, -0.05) is 0 Å². The average Bonchev–Trinajstić information content (AvgIpc) is 0. The second-order valence-electron chi connectivity index (χ2n) is 0. The summed E-state index contributed by atoms with van der Waals surface area (Å²) in [6.45, 7) is 0. The van der Waals surface area contributed by atoms with Crippen LogP contribution in [0.2, 0.25) is 0 Å². The van der Waals surface area contributed by atoms with E-state index in [0.717, 1.165) is 0 Å². The molecule has 0 aliphatic heterocycles. The Labute approximate surface area is 83.6 Å². The molecule has 0 aromatic rings. The van der Waals surface area contributed by atoms with Gasteiger partial charge in [-0.15, -0.1) is 0 Å². The van der Waals surface area contributed by atoms with E-state index >= 15 is 0 Å². The molecule has 5 heteroatoms. The van der Waals surface area contributed by atoms with Crippen molar-refractivity contribution in [2.24, 2.45) is 0 Å². The van der Waals surface area contributed by atoms with Gasteiger partial charge in [0, 0.05) is 65.8 Å². The molecule has 27 valence electrons. The van der Waals surface area contributed by atoms with Crippen molar-refractivity contribution in [2.45, 2.75) is 0 Å². The van der Waals surface area contributed by atoms with Gasteiger partial charge in [-0.2, -0.15) is 13.5 Å². The van der Waals surface area contributed by atoms with Gasteiger partial charge in [0.05, 0.1) is 0 Å². The van der Waals surface area contributed by atoms with Gasteiger partial charge in [-0.05, 0) is 0 Å². The molecule has 0 saturated heterocycles. The quantitative estimate of drug-likeness (QED) is 0.506. The van der Waals surface area contributed by atoms with Gasteiger partial charge in [-0.25, -0.2) is 0 Å². The van der Waals surface area contributed by atoms with Crippen molar-refractivity contribution >= 4 is 37.4 Å². The van der Waals surface area contributed by atoms with E-state index in [4.69, 9.17) is 0 Å². The Hall–Kier alpha value is 2.47. The molecule has 0 aliphatic rings. The van der Waals surface area contributed by atoms with Crippen LogP contribution in [0, 0.1) is 0 Å². The second kappa shape index (κ2) is 31.7. The van der Waals surface area contributed by atoms with E-state index < -0.39 is 0 Å². The average molecular weight is 329 g/mol. The summed E-state index contributed by atoms with van der Waals surface area (Å²) in [5, 5.41) is 0. The minimum absolute atomic E-state index is 0. The zero-order valence-corrected chi connectivity index (χ0v) is 11.7. The normalized spacial score (nSPS) is 0. The Kier molecular flexibility index (Phi) is 325. The van der Waals surface area contributed by atoms with Gasteiger partial charge in [0.25, 0.3) is 0 Å². The monoisotopic (exact) mass is 329 g/mol. The van der Waals surface area contributed by atoms with Gasteiger partial charge < -0.3 is 5.48 Å². The minimum atomic E-state index is 0. The summed E-state index contributed by atoms with van der Waals surface area (Å²) in [5.41, 5.74) is 0. The SMILES string of the molecule is O.S.[Nb].[Sn].[Zn]. The summed E-state index contributed by atoms with van der Waals surface area (Å²) in [4.78, 5) is 0. The van der Waals surface area contributed by atoms with E-state index in [9.17, 15) is 0 Å². The molecule has 0 aromatic carbocycles. The van der Waals surface area contributed by atoms with E-state index in [1.165, 1.54) is 0 Å². The molecule has 5 radical (unpaired) electrons. The second-order valence-corrected chi connectivity index (χ2v) is 0. The van der Waals surface area contributed by atoms with E-state index in [-0.39, 0.29) is 84.7 Å². The minimum Gasteiger partial charge on any atom is -0.412 e. The third kappa shape index (κ3) is 21.2. The fraction of sp³-hybridized carbons (Fsp3) is 0. The molecule has 0 unspecified atom stereocenters. The van der Waals surface area contributed by atoms with Gasteiger partial charge in [0.2, 0.25) is 0 Å². The van der Waals surface area contributed by atoms with Crippen LogP contribution in [0.25, 0.3) is 0 Å². The van der Waals surface area contributed by atoms with Crippen molar-refractivity contribution < 1.29 is 47.3 Å². The Morgan fingerprint density at radius 1 is 1.00 bits per heavy atom. The van der Waals surface area contributed by atoms with Crippen molar-refractivity contribution in [3.63, 3.8) is 0 Å². The van der Waals surface area contributed by atoms with Crippen molar-refractivity contribution in [1.29, 1.82) is 0 Å². The van der Waals surface area contributed by atoms with E-state index in [0.29, 0.717) is 0 Å². The van der Waals surface area contributed by atoms with Crippen LogP contribution in [0.3, 0.4) is 0 Å². The van der Waals surface area contributed by atoms with Gasteiger partial charge in [0.15, 0.2) is 0 Å². The molecule has 1 nitrogen and oxygen atoms in total. The third-order valence-corrected chi connectivity index (χ3v) is 0. The maximum Gasteiger partial charge on any atom is 0 e. The van der Waals surface area contributed by atoms with Crippen LogP contribution in [0.1, 0.15) is 0 Å². The predicted octanol–water partition coefficient (Wildman–Crippen LogP) is -1.10. The molecule has 0 aromatic heterocycles. The molecule has 0 spiro atoms. The summed E-state index contributed by atoms with van der Waals surface area (Å²) in [7, 11) is 0. The van der Waals surface area contributed by atoms with Gasteiger partial charge >= 0.3 is 0 Å². The van der Waals surface area contributed by atoms with E-state index in [1.807, 2.05) is 0 Å². The molecule has 0 fully saturated rings. The zero-order valence-electron chi connectivity index (χ0n) is 2.65. The zero-order chi connectivity index (χ0) is 0. The Bertz CT molecular complexity index is 11.6. The summed E-state index contributed by atoms with van der Waals surface area (Å²) >= 11 is 0. The third-order valence-electron chi connectivity index (χ3n) is 0. The Morgan fingerprint density at radius 2 is 1.00 bits per heavy atom. The fourth-order valence-corrected chi connectivity index (χ4v) is 0. The first-order chi connectivity index (χ1) is 0. The molecule has 2 N–H and O–H groups in total. The molecular weight excluding hydrogens is 325 g/mol. The van der Waals surface area contributed by atoms with E-state index in [1.54, 1.807) is 0 Å². The molecular formula is H4NbOSSnZn. The van der Waals surface area contributed by atoms with E-state index in [2.05, 4.69) is 0 Å². The van der Waals surface area contributed by atoms with Crippen molar-refractivity contribution in [1.82, 2.24) is 0 Å². The first-order valence-electron chi connectivity index (χ1n) is 0. The molecule has 0 atom stereocenters. The first-order valence-corrected chi connectivity index (χ1v) is 0. The number of hydrogen-bond acceptors (Lipinski definition) is 0. The summed E-state index contributed by atoms with van der Waals surface area (Å²) in [6.07, 6.45) is 0. The fourth-order valence-electron chi connectivity index (χ4n) is 0. The van der Waals surface area contributed by atoms with Crippen molar-refractivity contribution in [3.05, 3.63) is 0 Å². The standard InChI is InChI=1S/Nb.H2O.H2S.Sn.Zn/h;2*1H2;;. The largest absolute Gasteiger partial charge is 0.412 e. The predicted molar refractivity (Wildman–Crippen MR) is 19.7 cm³/mol. The number of hydrogen-bond donors (Lipinski definition) is 0. The number of rotatable bonds is 0. The molecule has 0 aliphatic carbocycles. The van der Waals surface area contributed by atoms with Crippen LogP contribution in [0.4, 0.5) is 0 Å². The van der Waals surface area contributed by atoms with Crippen LogP contribution < -0.4 is 0 Å². The Morgan fingerprint density at radius 3 is 1.00 bits per heavy atom. The topological polar surface area (TPSA) is 31.5 Å². The first kappa shape index (κ1) is 51.2. The van der Waals surface area contributed by atoms with Crippen LogP contribution in [-0.4, -0.2) is 29.4 Å². The maximum atomic E-state index is 0. The molecule has 0 bridgehead atoms. The van der Waals surface area contributed by atoms with Crippen LogP contribution in [0.5, 0.6) is 0 Å². The van der Waals surface area contributed by atoms with Gasteiger partial charge in [0.1, 0.15) is 0 Å². The van der Waals surface area contributed by atoms with Crippen molar-refractivity contribution in [2.75, 3.05) is 0 Å². The molecule has 0 saturated carbocycles. The van der Waals surface area contributed by atoms with Crippen LogP contribution in [0.15, 0.2) is 0 Å². The molecule has 0 heterocycles. The van der Waals surface area contributed by atoms with Crippen molar-refractivity contribution in [3.8, 4) is 0 Å². The maximum absolute atomic E-state index is 0.